The Morgan fingerprint density at radius 2 is 1.91 bits per heavy atom. The Balaban J connectivity index is 2.09. The van der Waals surface area contributed by atoms with Crippen molar-refractivity contribution in [3.63, 3.8) is 0 Å². The number of hydrazone groups is 1. The molecular formula is C14H12N5O3Pb. The van der Waals surface area contributed by atoms with E-state index in [1.54, 1.807) is 23.8 Å². The van der Waals surface area contributed by atoms with E-state index in [1.807, 2.05) is 0 Å². The summed E-state index contributed by atoms with van der Waals surface area (Å²) in [5.74, 6) is -0.932. The van der Waals surface area contributed by atoms with E-state index < -0.39 is 5.91 Å². The van der Waals surface area contributed by atoms with Gasteiger partial charge in [-0.25, -0.2) is 0 Å². The topological polar surface area (TPSA) is 108 Å². The number of hydrogen-bond donors (Lipinski definition) is 2. The average Bonchev–Trinajstić information content (AvgIpc) is 2.59. The molecule has 0 aliphatic carbocycles. The van der Waals surface area contributed by atoms with Crippen molar-refractivity contribution in [2.45, 2.75) is 0 Å². The summed E-state index contributed by atoms with van der Waals surface area (Å²) in [6.07, 6.45) is 4.51. The summed E-state index contributed by atoms with van der Waals surface area (Å²) in [5, 5.41) is 13.8. The molecule has 0 aliphatic heterocycles. The molecule has 8 nitrogen and oxygen atoms in total. The maximum absolute atomic E-state index is 12.2. The van der Waals surface area contributed by atoms with Gasteiger partial charge in [-0.1, -0.05) is 0 Å². The van der Waals surface area contributed by atoms with Crippen molar-refractivity contribution in [1.82, 2.24) is 20.5 Å². The van der Waals surface area contributed by atoms with Crippen molar-refractivity contribution >= 4 is 47.0 Å². The first kappa shape index (κ1) is 17.2. The van der Waals surface area contributed by atoms with Gasteiger partial charge in [0.05, 0.1) is 0 Å². The van der Waals surface area contributed by atoms with Gasteiger partial charge in [-0.05, 0) is 0 Å². The molecule has 115 valence electrons. The second-order valence-corrected chi connectivity index (χ2v) is 6.23. The number of rotatable bonds is 4. The minimum absolute atomic E-state index is 0.300. The Hall–Kier alpha value is -2.21. The van der Waals surface area contributed by atoms with Gasteiger partial charge in [0, 0.05) is 0 Å². The number of carbonyl (C=O) groups is 2. The molecule has 0 saturated heterocycles. The molecular weight excluding hydrogens is 493 g/mol. The molecule has 0 aliphatic rings. The van der Waals surface area contributed by atoms with Crippen molar-refractivity contribution in [2.24, 2.45) is 5.10 Å². The van der Waals surface area contributed by atoms with Crippen molar-refractivity contribution in [3.8, 4) is 0 Å². The first-order valence-corrected chi connectivity index (χ1v) is 8.36. The number of nitrogens with zero attached hydrogens (tertiary/aromatic N) is 4. The van der Waals surface area contributed by atoms with E-state index in [0.717, 1.165) is 0 Å². The fourth-order valence-corrected chi connectivity index (χ4v) is 2.60. The van der Waals surface area contributed by atoms with Gasteiger partial charge >= 0.3 is 143 Å². The van der Waals surface area contributed by atoms with Crippen LogP contribution in [-0.4, -0.2) is 71.0 Å². The van der Waals surface area contributed by atoms with Gasteiger partial charge in [-0.15, -0.1) is 0 Å². The van der Waals surface area contributed by atoms with Gasteiger partial charge in [0.1, 0.15) is 0 Å². The molecule has 23 heavy (non-hydrogen) atoms. The van der Waals surface area contributed by atoms with Crippen molar-refractivity contribution in [3.05, 3.63) is 53.5 Å². The van der Waals surface area contributed by atoms with Gasteiger partial charge in [0.25, 0.3) is 0 Å². The number of carbonyl (C=O) groups excluding carboxylic acids is 2. The van der Waals surface area contributed by atoms with Crippen LogP contribution in [0.2, 0.25) is 0 Å². The van der Waals surface area contributed by atoms with Gasteiger partial charge < -0.3 is 0 Å². The van der Waals surface area contributed by atoms with E-state index in [0.29, 0.717) is 45.8 Å². The average molecular weight is 505 g/mol. The Morgan fingerprint density at radius 3 is 2.52 bits per heavy atom. The van der Waals surface area contributed by atoms with E-state index in [1.165, 1.54) is 36.6 Å². The second-order valence-electron chi connectivity index (χ2n) is 4.39. The summed E-state index contributed by atoms with van der Waals surface area (Å²) in [7, 11) is 1.53. The van der Waals surface area contributed by atoms with Crippen molar-refractivity contribution in [1.29, 1.82) is 0 Å². The Bertz CT molecular complexity index is 748. The normalized spacial score (nSPS) is 10.6. The van der Waals surface area contributed by atoms with Gasteiger partial charge in [-0.2, -0.15) is 0 Å². The van der Waals surface area contributed by atoms with E-state index in [-0.39, 0.29) is 5.91 Å². The van der Waals surface area contributed by atoms with Crippen LogP contribution < -0.4 is 8.73 Å². The molecule has 1 aromatic heterocycles. The first-order valence-electron chi connectivity index (χ1n) is 6.42. The van der Waals surface area contributed by atoms with Gasteiger partial charge in [0.2, 0.25) is 0 Å². The quantitative estimate of drug-likeness (QED) is 0.252. The SMILES string of the molecule is CN(/N=C/c1ccc(C(=O)NO)cc1)C(=O)c1nccn[c]1[Pb]. The number of hydrogen-bond acceptors (Lipinski definition) is 6. The molecule has 0 atom stereocenters. The molecule has 3 radical (unpaired) electrons. The molecule has 1 heterocycles. The van der Waals surface area contributed by atoms with Crippen LogP contribution in [0.15, 0.2) is 41.8 Å². The van der Waals surface area contributed by atoms with Crippen LogP contribution in [0.4, 0.5) is 0 Å². The van der Waals surface area contributed by atoms with Crippen LogP contribution in [0.25, 0.3) is 0 Å². The summed E-state index contributed by atoms with van der Waals surface area (Å²) < 4.78 is 0.666. The minimum atomic E-state index is -0.594. The van der Waals surface area contributed by atoms with E-state index in [9.17, 15) is 9.59 Å². The molecule has 2 aromatic rings. The molecule has 2 rings (SSSR count). The fraction of sp³-hybridized carbons (Fsp3) is 0.0714. The van der Waals surface area contributed by atoms with Crippen LogP contribution in [0.3, 0.4) is 0 Å². The summed E-state index contributed by atoms with van der Waals surface area (Å²) in [6, 6.07) is 6.36. The molecule has 1 aromatic carbocycles. The van der Waals surface area contributed by atoms with Gasteiger partial charge in [0.15, 0.2) is 0 Å². The van der Waals surface area contributed by atoms with Crippen LogP contribution in [0.5, 0.6) is 0 Å². The van der Waals surface area contributed by atoms with Crippen LogP contribution in [-0.2, 0) is 0 Å². The first-order chi connectivity index (χ1) is 11.0. The summed E-state index contributed by atoms with van der Waals surface area (Å²) in [5.41, 5.74) is 2.87. The third kappa shape index (κ3) is 4.39. The number of hydroxylamine groups is 1. The summed E-state index contributed by atoms with van der Waals surface area (Å²) in [4.78, 5) is 31.5. The summed E-state index contributed by atoms with van der Waals surface area (Å²) >= 11 is 0.615. The predicted molar refractivity (Wildman–Crippen MR) is 82.8 cm³/mol. The Morgan fingerprint density at radius 1 is 1.26 bits per heavy atom. The standard InChI is InChI=1S/C14H12N5O3.Pb/c1-19(14(21)12-9-15-6-7-16-12)17-8-10-2-4-11(5-3-10)13(20)18-22;/h2-8,22H,1H3,(H,18,20);/b17-8+;. The second kappa shape index (κ2) is 7.87. The summed E-state index contributed by atoms with van der Waals surface area (Å²) in [6.45, 7) is 0. The third-order valence-electron chi connectivity index (χ3n) is 2.85. The molecule has 2 amide bonds. The monoisotopic (exact) mass is 506 g/mol. The molecule has 0 spiro atoms. The molecule has 0 unspecified atom stereocenters. The van der Waals surface area contributed by atoms with Crippen LogP contribution in [0.1, 0.15) is 26.4 Å². The van der Waals surface area contributed by atoms with Crippen molar-refractivity contribution < 1.29 is 14.8 Å². The number of benzene rings is 1. The zero-order chi connectivity index (χ0) is 16.8. The van der Waals surface area contributed by atoms with Crippen LogP contribution in [0, 0.1) is 0 Å². The molecule has 0 fully saturated rings. The van der Waals surface area contributed by atoms with Crippen LogP contribution >= 0.6 is 0 Å². The zero-order valence-corrected chi connectivity index (χ0v) is 16.0. The van der Waals surface area contributed by atoms with E-state index in [2.05, 4.69) is 15.1 Å². The van der Waals surface area contributed by atoms with E-state index >= 15 is 0 Å². The molecule has 0 saturated carbocycles. The zero-order valence-electron chi connectivity index (χ0n) is 12.1. The molecule has 9 heteroatoms. The molecule has 2 N–H and O–H groups in total. The third-order valence-corrected chi connectivity index (χ3v) is 4.27. The van der Waals surface area contributed by atoms with E-state index in [4.69, 9.17) is 5.21 Å². The number of amides is 2. The maximum atomic E-state index is 12.2. The Kier molecular flexibility index (Phi) is 5.87. The number of aromatic nitrogens is 2. The Labute approximate surface area is 147 Å². The fourth-order valence-electron chi connectivity index (χ4n) is 1.64. The van der Waals surface area contributed by atoms with Crippen molar-refractivity contribution in [2.75, 3.05) is 7.05 Å². The number of nitrogens with one attached hydrogen (secondary N) is 1. The predicted octanol–water partition coefficient (Wildman–Crippen LogP) is -0.505. The van der Waals surface area contributed by atoms with Gasteiger partial charge in [-0.3, -0.25) is 5.21 Å². The molecule has 0 bridgehead atoms.